The molecule has 1 nitrogen and oxygen atoms in total. The minimum absolute atomic E-state index is 0.220. The highest BCUT2D eigenvalue weighted by atomic mass is 32.1. The van der Waals surface area contributed by atoms with E-state index in [1.165, 1.54) is 11.6 Å². The molecule has 0 aliphatic rings. The van der Waals surface area contributed by atoms with Crippen LogP contribution < -0.4 is 5.73 Å². The first kappa shape index (κ1) is 12.3. The number of nitrogens with two attached hydrogens (primary N) is 1. The van der Waals surface area contributed by atoms with Gasteiger partial charge in [-0.1, -0.05) is 18.2 Å². The van der Waals surface area contributed by atoms with Crippen molar-refractivity contribution >= 4 is 11.3 Å². The number of thiophene rings is 1. The molecule has 0 radical (unpaired) electrons. The van der Waals surface area contributed by atoms with Crippen LogP contribution in [0.5, 0.6) is 0 Å². The molecule has 0 aliphatic heterocycles. The fraction of sp³-hybridized carbons (Fsp3) is 0.286. The number of benzene rings is 1. The third-order valence-electron chi connectivity index (χ3n) is 3.00. The monoisotopic (exact) mass is 249 g/mol. The molecule has 1 aromatic heterocycles. The van der Waals surface area contributed by atoms with E-state index in [9.17, 15) is 4.39 Å². The summed E-state index contributed by atoms with van der Waals surface area (Å²) >= 11 is 1.67. The van der Waals surface area contributed by atoms with Gasteiger partial charge in [-0.15, -0.1) is 0 Å². The van der Waals surface area contributed by atoms with Crippen LogP contribution in [0.4, 0.5) is 4.39 Å². The minimum Gasteiger partial charge on any atom is -0.322 e. The average Bonchev–Trinajstić information content (AvgIpc) is 2.80. The highest BCUT2D eigenvalue weighted by molar-refractivity contribution is 7.07. The fourth-order valence-electron chi connectivity index (χ4n) is 1.90. The third kappa shape index (κ3) is 2.93. The van der Waals surface area contributed by atoms with Gasteiger partial charge in [0.2, 0.25) is 0 Å². The van der Waals surface area contributed by atoms with Crippen molar-refractivity contribution in [2.24, 2.45) is 5.73 Å². The van der Waals surface area contributed by atoms with Gasteiger partial charge in [-0.25, -0.2) is 4.39 Å². The summed E-state index contributed by atoms with van der Waals surface area (Å²) in [5.41, 5.74) is 7.46. The SMILES string of the molecule is CC(N)(CCc1ccsc1)c1ccccc1F. The number of halogens is 1. The molecule has 17 heavy (non-hydrogen) atoms. The molecular weight excluding hydrogens is 233 g/mol. The summed E-state index contributed by atoms with van der Waals surface area (Å²) in [5.74, 6) is -0.220. The summed E-state index contributed by atoms with van der Waals surface area (Å²) in [6.45, 7) is 1.89. The van der Waals surface area contributed by atoms with Gasteiger partial charge < -0.3 is 5.73 Å². The molecule has 0 bridgehead atoms. The van der Waals surface area contributed by atoms with Crippen LogP contribution in [0, 0.1) is 5.82 Å². The number of rotatable bonds is 4. The van der Waals surface area contributed by atoms with E-state index in [-0.39, 0.29) is 5.82 Å². The smallest absolute Gasteiger partial charge is 0.128 e. The Bertz CT molecular complexity index is 477. The predicted molar refractivity (Wildman–Crippen MR) is 70.6 cm³/mol. The van der Waals surface area contributed by atoms with Crippen molar-refractivity contribution in [1.82, 2.24) is 0 Å². The van der Waals surface area contributed by atoms with Crippen molar-refractivity contribution in [3.63, 3.8) is 0 Å². The van der Waals surface area contributed by atoms with Crippen molar-refractivity contribution in [1.29, 1.82) is 0 Å². The van der Waals surface area contributed by atoms with Crippen LogP contribution in [0.1, 0.15) is 24.5 Å². The Balaban J connectivity index is 2.11. The van der Waals surface area contributed by atoms with E-state index in [4.69, 9.17) is 5.73 Å². The van der Waals surface area contributed by atoms with Gasteiger partial charge in [-0.3, -0.25) is 0 Å². The second-order valence-corrected chi connectivity index (χ2v) is 5.31. The average molecular weight is 249 g/mol. The molecule has 0 fully saturated rings. The van der Waals surface area contributed by atoms with E-state index < -0.39 is 5.54 Å². The highest BCUT2D eigenvalue weighted by Crippen LogP contribution is 2.26. The third-order valence-corrected chi connectivity index (χ3v) is 3.73. The first-order valence-electron chi connectivity index (χ1n) is 5.64. The standard InChI is InChI=1S/C14H16FNS/c1-14(16,8-6-11-7-9-17-10-11)12-4-2-3-5-13(12)15/h2-5,7,9-10H,6,8,16H2,1H3. The molecule has 2 rings (SSSR count). The van der Waals surface area contributed by atoms with Crippen LogP contribution in [0.15, 0.2) is 41.1 Å². The van der Waals surface area contributed by atoms with Crippen molar-refractivity contribution in [2.75, 3.05) is 0 Å². The second kappa shape index (κ2) is 4.98. The van der Waals surface area contributed by atoms with E-state index >= 15 is 0 Å². The molecule has 1 unspecified atom stereocenters. The zero-order chi connectivity index (χ0) is 12.3. The summed E-state index contributed by atoms with van der Waals surface area (Å²) < 4.78 is 13.7. The summed E-state index contributed by atoms with van der Waals surface area (Å²) in [6.07, 6.45) is 1.62. The molecule has 2 aromatic rings. The van der Waals surface area contributed by atoms with E-state index in [2.05, 4.69) is 11.4 Å². The molecule has 0 saturated heterocycles. The van der Waals surface area contributed by atoms with Gasteiger partial charge in [0.1, 0.15) is 5.82 Å². The molecule has 1 atom stereocenters. The first-order valence-corrected chi connectivity index (χ1v) is 6.59. The lowest BCUT2D eigenvalue weighted by Crippen LogP contribution is -2.34. The summed E-state index contributed by atoms with van der Waals surface area (Å²) in [6, 6.07) is 8.83. The van der Waals surface area contributed by atoms with Gasteiger partial charge in [-0.2, -0.15) is 11.3 Å². The lowest BCUT2D eigenvalue weighted by Gasteiger charge is -2.25. The quantitative estimate of drug-likeness (QED) is 0.878. The van der Waals surface area contributed by atoms with Gasteiger partial charge in [0.05, 0.1) is 0 Å². The van der Waals surface area contributed by atoms with Crippen LogP contribution >= 0.6 is 11.3 Å². The lowest BCUT2D eigenvalue weighted by atomic mass is 9.87. The molecule has 1 aromatic carbocycles. The van der Waals surface area contributed by atoms with E-state index in [0.29, 0.717) is 5.56 Å². The Kier molecular flexibility index (Phi) is 3.60. The van der Waals surface area contributed by atoms with Crippen molar-refractivity contribution in [3.05, 3.63) is 58.0 Å². The van der Waals surface area contributed by atoms with Crippen molar-refractivity contribution < 1.29 is 4.39 Å². The fourth-order valence-corrected chi connectivity index (χ4v) is 2.60. The normalized spacial score (nSPS) is 14.5. The second-order valence-electron chi connectivity index (χ2n) is 4.53. The van der Waals surface area contributed by atoms with Crippen molar-refractivity contribution in [2.45, 2.75) is 25.3 Å². The van der Waals surface area contributed by atoms with Gasteiger partial charge in [-0.05, 0) is 48.2 Å². The lowest BCUT2D eigenvalue weighted by molar-refractivity contribution is 0.427. The topological polar surface area (TPSA) is 26.0 Å². The van der Waals surface area contributed by atoms with Gasteiger partial charge >= 0.3 is 0 Å². The maximum Gasteiger partial charge on any atom is 0.128 e. The Morgan fingerprint density at radius 1 is 1.29 bits per heavy atom. The van der Waals surface area contributed by atoms with Gasteiger partial charge in [0.25, 0.3) is 0 Å². The molecule has 90 valence electrons. The van der Waals surface area contributed by atoms with Crippen LogP contribution in [-0.4, -0.2) is 0 Å². The van der Waals surface area contributed by atoms with E-state index in [1.54, 1.807) is 23.5 Å². The van der Waals surface area contributed by atoms with Crippen LogP contribution in [0.2, 0.25) is 0 Å². The Labute approximate surface area is 105 Å². The van der Waals surface area contributed by atoms with Crippen LogP contribution in [0.3, 0.4) is 0 Å². The number of hydrogen-bond donors (Lipinski definition) is 1. The van der Waals surface area contributed by atoms with Crippen LogP contribution in [-0.2, 0) is 12.0 Å². The largest absolute Gasteiger partial charge is 0.322 e. The molecule has 0 spiro atoms. The molecule has 1 heterocycles. The zero-order valence-electron chi connectivity index (χ0n) is 9.82. The van der Waals surface area contributed by atoms with E-state index in [1.807, 2.05) is 18.4 Å². The molecule has 0 amide bonds. The molecule has 2 N–H and O–H groups in total. The summed E-state index contributed by atoms with van der Waals surface area (Å²) in [7, 11) is 0. The predicted octanol–water partition coefficient (Wildman–Crippen LogP) is 3.69. The molecule has 0 aliphatic carbocycles. The first-order chi connectivity index (χ1) is 8.09. The minimum atomic E-state index is -0.618. The highest BCUT2D eigenvalue weighted by Gasteiger charge is 2.24. The molecular formula is C14H16FNS. The molecule has 0 saturated carbocycles. The van der Waals surface area contributed by atoms with Gasteiger partial charge in [0, 0.05) is 11.1 Å². The maximum atomic E-state index is 13.7. The Hall–Kier alpha value is -1.19. The van der Waals surface area contributed by atoms with Crippen LogP contribution in [0.25, 0.3) is 0 Å². The van der Waals surface area contributed by atoms with Gasteiger partial charge in [0.15, 0.2) is 0 Å². The summed E-state index contributed by atoms with van der Waals surface area (Å²) in [4.78, 5) is 0. The number of hydrogen-bond acceptors (Lipinski definition) is 2. The number of aryl methyl sites for hydroxylation is 1. The zero-order valence-corrected chi connectivity index (χ0v) is 10.6. The Morgan fingerprint density at radius 2 is 2.06 bits per heavy atom. The Morgan fingerprint density at radius 3 is 2.71 bits per heavy atom. The van der Waals surface area contributed by atoms with E-state index in [0.717, 1.165) is 12.8 Å². The van der Waals surface area contributed by atoms with Crippen molar-refractivity contribution in [3.8, 4) is 0 Å². The maximum absolute atomic E-state index is 13.7. The molecule has 3 heteroatoms. The summed E-state index contributed by atoms with van der Waals surface area (Å²) in [5, 5.41) is 4.16.